The maximum absolute atomic E-state index is 11.7. The van der Waals surface area contributed by atoms with Gasteiger partial charge in [0, 0.05) is 24.5 Å². The fraction of sp³-hybridized carbons (Fsp3) is 0.467. The van der Waals surface area contributed by atoms with Crippen molar-refractivity contribution in [2.45, 2.75) is 37.0 Å². The van der Waals surface area contributed by atoms with Crippen molar-refractivity contribution in [3.8, 4) is 0 Å². The van der Waals surface area contributed by atoms with Crippen molar-refractivity contribution in [2.75, 3.05) is 12.3 Å². The number of nitrogen functional groups attached to an aromatic ring is 1. The third-order valence-electron chi connectivity index (χ3n) is 4.45. The van der Waals surface area contributed by atoms with Gasteiger partial charge < -0.3 is 51.2 Å². The highest BCUT2D eigenvalue weighted by atomic mass is 31.3. The van der Waals surface area contributed by atoms with Gasteiger partial charge in [-0.15, -0.1) is 4.86 Å². The van der Waals surface area contributed by atoms with E-state index in [2.05, 4.69) is 19.5 Å². The van der Waals surface area contributed by atoms with Crippen molar-refractivity contribution in [1.29, 1.82) is 0 Å². The van der Waals surface area contributed by atoms with Crippen LogP contribution < -0.4 is 22.0 Å². The Labute approximate surface area is 201 Å². The van der Waals surface area contributed by atoms with Crippen LogP contribution in [0.25, 0.3) is 0 Å². The minimum atomic E-state index is -5.05. The third-order valence-corrected chi connectivity index (χ3v) is 7.00. The number of anilines is 1. The summed E-state index contributed by atoms with van der Waals surface area (Å²) in [5.41, 5.74) is 10.5. The van der Waals surface area contributed by atoms with Gasteiger partial charge in [-0.2, -0.15) is 4.98 Å². The molecule has 1 aliphatic rings. The van der Waals surface area contributed by atoms with Crippen LogP contribution in [-0.4, -0.2) is 86.4 Å². The average molecular weight is 557 g/mol. The normalized spacial score (nSPS) is 24.4. The summed E-state index contributed by atoms with van der Waals surface area (Å²) in [5.74, 6) is -1.07. The van der Waals surface area contributed by atoms with Gasteiger partial charge in [0.1, 0.15) is 30.2 Å². The molecule has 12 N–H and O–H groups in total. The van der Waals surface area contributed by atoms with Crippen molar-refractivity contribution in [2.24, 2.45) is 5.73 Å². The van der Waals surface area contributed by atoms with E-state index >= 15 is 0 Å². The van der Waals surface area contributed by atoms with Crippen LogP contribution in [0.5, 0.6) is 0 Å². The zero-order chi connectivity index (χ0) is 27.3. The Morgan fingerprint density at radius 3 is 2.50 bits per heavy atom. The lowest BCUT2D eigenvalue weighted by molar-refractivity contribution is -0.138. The van der Waals surface area contributed by atoms with Crippen molar-refractivity contribution in [1.82, 2.24) is 24.4 Å². The second-order valence-corrected chi connectivity index (χ2v) is 10.5. The molecule has 0 spiro atoms. The molecule has 1 unspecified atom stereocenters. The van der Waals surface area contributed by atoms with Crippen LogP contribution in [0.4, 0.5) is 5.82 Å². The van der Waals surface area contributed by atoms with Crippen molar-refractivity contribution < 1.29 is 53.2 Å². The first kappa shape index (κ1) is 29.7. The number of nitrogens with zero attached hydrogens (tertiary/aromatic N) is 3. The Balaban J connectivity index is 0.000000346. The number of carbonyl (C=O) groups is 1. The van der Waals surface area contributed by atoms with E-state index in [0.29, 0.717) is 0 Å². The molecule has 3 rings (SSSR count). The monoisotopic (exact) mass is 557 g/mol. The van der Waals surface area contributed by atoms with Crippen molar-refractivity contribution in [3.05, 3.63) is 41.0 Å². The van der Waals surface area contributed by atoms with Crippen LogP contribution in [0.15, 0.2) is 29.6 Å². The molecular formula is C15H25N7O12P2. The van der Waals surface area contributed by atoms with Gasteiger partial charge in [-0.25, -0.2) is 18.9 Å². The van der Waals surface area contributed by atoms with Gasteiger partial charge in [0.05, 0.1) is 12.9 Å². The number of nitrogens with two attached hydrogens (primary N) is 2. The molecular weight excluding hydrogens is 532 g/mol. The molecule has 1 saturated heterocycles. The Morgan fingerprint density at radius 2 is 1.97 bits per heavy atom. The number of aliphatic hydroxyl groups excluding tert-OH is 2. The van der Waals surface area contributed by atoms with E-state index in [4.69, 9.17) is 31.1 Å². The smallest absolute Gasteiger partial charge is 0.412 e. The highest BCUT2D eigenvalue weighted by molar-refractivity contribution is 7.66. The van der Waals surface area contributed by atoms with E-state index in [1.54, 1.807) is 6.20 Å². The van der Waals surface area contributed by atoms with Crippen LogP contribution in [0.3, 0.4) is 0 Å². The molecule has 202 valence electrons. The molecule has 21 heteroatoms. The number of H-pyrrole nitrogens is 1. The number of ether oxygens (including phenoxy) is 1. The number of aromatic nitrogens is 4. The van der Waals surface area contributed by atoms with Crippen LogP contribution in [0.2, 0.25) is 0 Å². The van der Waals surface area contributed by atoms with Crippen LogP contribution in [-0.2, 0) is 29.6 Å². The SMILES string of the molecule is N[C@@H](Cc1cnc[nH]1)C(=O)O.Nc1ccn([C@@H]2O[C@H](COP(=O)(O)NP(=O)(O)O)[C@@H](O)[C@H]2O)c(=O)n1. The summed E-state index contributed by atoms with van der Waals surface area (Å²) in [7, 11) is -9.96. The summed E-state index contributed by atoms with van der Waals surface area (Å²) in [4.78, 5) is 59.5. The summed E-state index contributed by atoms with van der Waals surface area (Å²) in [6.07, 6.45) is -1.47. The predicted molar refractivity (Wildman–Crippen MR) is 118 cm³/mol. The van der Waals surface area contributed by atoms with Gasteiger partial charge in [-0.3, -0.25) is 13.9 Å². The Hall–Kier alpha value is -2.54. The highest BCUT2D eigenvalue weighted by Gasteiger charge is 2.45. The molecule has 0 bridgehead atoms. The van der Waals surface area contributed by atoms with Gasteiger partial charge in [0.25, 0.3) is 0 Å². The molecule has 2 aromatic rings. The number of aliphatic hydroxyl groups is 2. The average Bonchev–Trinajstić information content (AvgIpc) is 3.34. The number of aliphatic carboxylic acids is 1. The molecule has 19 nitrogen and oxygen atoms in total. The van der Waals surface area contributed by atoms with E-state index in [-0.39, 0.29) is 12.2 Å². The summed E-state index contributed by atoms with van der Waals surface area (Å²) in [5, 5.41) is 28.3. The molecule has 2 aromatic heterocycles. The fourth-order valence-electron chi connectivity index (χ4n) is 2.80. The molecule has 0 aromatic carbocycles. The summed E-state index contributed by atoms with van der Waals surface area (Å²) in [6.45, 7) is -0.813. The van der Waals surface area contributed by atoms with Crippen LogP contribution in [0.1, 0.15) is 11.9 Å². The molecule has 1 fully saturated rings. The van der Waals surface area contributed by atoms with Gasteiger partial charge in [-0.05, 0) is 6.07 Å². The zero-order valence-electron chi connectivity index (χ0n) is 18.1. The number of carboxylic acid groups (broad SMARTS) is 1. The molecule has 1 aliphatic heterocycles. The molecule has 3 heterocycles. The minimum absolute atomic E-state index is 0.0705. The first-order chi connectivity index (χ1) is 16.6. The lowest BCUT2D eigenvalue weighted by atomic mass is 10.1. The molecule has 0 radical (unpaired) electrons. The number of aromatic amines is 1. The maximum atomic E-state index is 11.7. The first-order valence-corrected chi connectivity index (χ1v) is 12.9. The van der Waals surface area contributed by atoms with E-state index < -0.39 is 64.3 Å². The molecule has 0 saturated carbocycles. The number of imidazole rings is 1. The Kier molecular flexibility index (Phi) is 10.0. The van der Waals surface area contributed by atoms with E-state index in [9.17, 15) is 33.8 Å². The van der Waals surface area contributed by atoms with E-state index in [0.717, 1.165) is 15.1 Å². The minimum Gasteiger partial charge on any atom is -0.480 e. The standard InChI is InChI=1S/C9H16N4O10P2.C6H9N3O2/c10-5-1-2-13(9(16)11-5)8-7(15)6(14)4(23-8)3-22-25(20,21)12-24(17,18)19;7-5(6(10)11)1-4-2-8-3-9-4/h1-2,4,6-8,14-15H,3H2,(H2,10,11,16)(H4,12,17,18,19,20,21);2-3,5H,1,7H2,(H,8,9)(H,10,11)/t4-,6-,7-,8-;5-/m10/s1. The zero-order valence-corrected chi connectivity index (χ0v) is 19.9. The number of hydrogen-bond donors (Lipinski definition) is 10. The van der Waals surface area contributed by atoms with Gasteiger partial charge >= 0.3 is 27.2 Å². The second kappa shape index (κ2) is 12.1. The summed E-state index contributed by atoms with van der Waals surface area (Å²) >= 11 is 0. The fourth-order valence-corrected chi connectivity index (χ4v) is 4.70. The summed E-state index contributed by atoms with van der Waals surface area (Å²) < 4.78 is 32.6. The van der Waals surface area contributed by atoms with Crippen molar-refractivity contribution in [3.63, 3.8) is 0 Å². The Morgan fingerprint density at radius 1 is 1.31 bits per heavy atom. The summed E-state index contributed by atoms with van der Waals surface area (Å²) in [6, 6.07) is 0.398. The largest absolute Gasteiger partial charge is 0.480 e. The molecule has 6 atom stereocenters. The molecule has 0 aliphatic carbocycles. The molecule has 0 amide bonds. The second-order valence-electron chi connectivity index (χ2n) is 7.27. The van der Waals surface area contributed by atoms with E-state index in [1.165, 1.54) is 18.6 Å². The van der Waals surface area contributed by atoms with Crippen molar-refractivity contribution >= 4 is 27.3 Å². The lowest BCUT2D eigenvalue weighted by Gasteiger charge is -2.18. The van der Waals surface area contributed by atoms with Crippen LogP contribution >= 0.6 is 15.5 Å². The number of rotatable bonds is 9. The number of nitrogens with one attached hydrogen (secondary N) is 2. The molecule has 36 heavy (non-hydrogen) atoms. The van der Waals surface area contributed by atoms with Crippen LogP contribution in [0, 0.1) is 0 Å². The number of carboxylic acids is 1. The highest BCUT2D eigenvalue weighted by Crippen LogP contribution is 2.48. The van der Waals surface area contributed by atoms with Gasteiger partial charge in [0.15, 0.2) is 6.23 Å². The maximum Gasteiger partial charge on any atom is 0.412 e. The predicted octanol–water partition coefficient (Wildman–Crippen LogP) is -3.39. The van der Waals surface area contributed by atoms with E-state index in [1.807, 2.05) is 0 Å². The Bertz CT molecular complexity index is 1170. The van der Waals surface area contributed by atoms with Gasteiger partial charge in [-0.1, -0.05) is 0 Å². The topological polar surface area (TPSA) is 319 Å². The van der Waals surface area contributed by atoms with Gasteiger partial charge in [0.2, 0.25) is 0 Å². The quantitative estimate of drug-likeness (QED) is 0.134. The first-order valence-electron chi connectivity index (χ1n) is 9.74. The third kappa shape index (κ3) is 8.84. The number of hydrogen-bond acceptors (Lipinski definition) is 12. The lowest BCUT2D eigenvalue weighted by Crippen LogP contribution is -2.36.